The Kier molecular flexibility index (Phi) is 7.09. The number of rotatable bonds is 6. The van der Waals surface area contributed by atoms with E-state index < -0.39 is 6.03 Å². The number of aromatic nitrogens is 4. The molecule has 30 heavy (non-hydrogen) atoms. The zero-order valence-electron chi connectivity index (χ0n) is 15.5. The molecule has 5 N–H and O–H groups in total. The molecule has 3 aromatic heterocycles. The first-order valence-corrected chi connectivity index (χ1v) is 9.98. The van der Waals surface area contributed by atoms with Crippen LogP contribution in [0.2, 0.25) is 0 Å². The van der Waals surface area contributed by atoms with Gasteiger partial charge in [0.25, 0.3) is 0 Å². The molecule has 0 radical (unpaired) electrons. The maximum atomic E-state index is 12.3. The number of ether oxygens (including phenoxy) is 1. The summed E-state index contributed by atoms with van der Waals surface area (Å²) in [6.07, 6.45) is 5.43. The van der Waals surface area contributed by atoms with Crippen LogP contribution >= 0.6 is 11.3 Å². The van der Waals surface area contributed by atoms with Crippen LogP contribution in [0.25, 0.3) is 10.6 Å². The van der Waals surface area contributed by atoms with Crippen LogP contribution < -0.4 is 26.4 Å². The van der Waals surface area contributed by atoms with E-state index in [4.69, 9.17) is 10.5 Å². The summed E-state index contributed by atoms with van der Waals surface area (Å²) in [5.74, 6) is 1.47. The number of hydrogen-bond donors (Lipinski definition) is 4. The normalized spacial score (nSPS) is 15.3. The van der Waals surface area contributed by atoms with Crippen LogP contribution in [0.1, 0.15) is 20.3 Å². The first-order valence-electron chi connectivity index (χ1n) is 9.10. The van der Waals surface area contributed by atoms with Crippen LogP contribution in [0.4, 0.5) is 22.4 Å². The molecule has 1 atom stereocenters. The fraction of sp³-hybridized carbons (Fsp3) is 0.316. The summed E-state index contributed by atoms with van der Waals surface area (Å²) in [5.41, 5.74) is 6.21. The highest BCUT2D eigenvalue weighted by atomic mass is 32.1. The van der Waals surface area contributed by atoms with E-state index in [1.54, 1.807) is 36.0 Å². The van der Waals surface area contributed by atoms with Crippen LogP contribution in [0.3, 0.4) is 0 Å². The van der Waals surface area contributed by atoms with Gasteiger partial charge in [-0.3, -0.25) is 10.6 Å². The molecule has 1 unspecified atom stereocenters. The molecule has 1 aliphatic heterocycles. The second-order valence-corrected chi connectivity index (χ2v) is 7.27. The number of pyridine rings is 1. The Morgan fingerprint density at radius 2 is 2.03 bits per heavy atom. The number of nitrogens with two attached hydrogens (primary N) is 1. The van der Waals surface area contributed by atoms with Crippen molar-refractivity contribution in [2.45, 2.75) is 26.3 Å². The lowest BCUT2D eigenvalue weighted by Gasteiger charge is -2.12. The molecular formula is C19H24N8O2S. The molecule has 0 spiro atoms. The van der Waals surface area contributed by atoms with Gasteiger partial charge >= 0.3 is 6.03 Å². The Morgan fingerprint density at radius 1 is 1.23 bits per heavy atom. The fourth-order valence-electron chi connectivity index (χ4n) is 2.83. The summed E-state index contributed by atoms with van der Waals surface area (Å²) < 4.78 is 5.71. The number of urea groups is 1. The SMILES string of the molecule is C.Nc1ncc(-c2nc(NC(=O)Nc3cccc(OCC4CCCN4)n3)cs2)cn1. The van der Waals surface area contributed by atoms with Gasteiger partial charge in [-0.05, 0) is 25.5 Å². The van der Waals surface area contributed by atoms with E-state index in [1.165, 1.54) is 11.3 Å². The lowest BCUT2D eigenvalue weighted by Crippen LogP contribution is -2.28. The largest absolute Gasteiger partial charge is 0.476 e. The highest BCUT2D eigenvalue weighted by Crippen LogP contribution is 2.25. The van der Waals surface area contributed by atoms with Gasteiger partial charge in [-0.2, -0.15) is 4.98 Å². The van der Waals surface area contributed by atoms with Crippen molar-refractivity contribution in [2.75, 3.05) is 29.5 Å². The molecule has 0 bridgehead atoms. The third kappa shape index (κ3) is 5.61. The van der Waals surface area contributed by atoms with E-state index in [9.17, 15) is 4.79 Å². The Morgan fingerprint density at radius 3 is 2.80 bits per heavy atom. The van der Waals surface area contributed by atoms with E-state index in [1.807, 2.05) is 0 Å². The fourth-order valence-corrected chi connectivity index (χ4v) is 3.55. The molecule has 11 heteroatoms. The number of thiazole rings is 1. The van der Waals surface area contributed by atoms with Crippen molar-refractivity contribution in [2.24, 2.45) is 0 Å². The third-order valence-electron chi connectivity index (χ3n) is 4.22. The monoisotopic (exact) mass is 428 g/mol. The smallest absolute Gasteiger partial charge is 0.326 e. The quantitative estimate of drug-likeness (QED) is 0.470. The predicted octanol–water partition coefficient (Wildman–Crippen LogP) is 2.99. The molecule has 4 heterocycles. The Labute approximate surface area is 178 Å². The summed E-state index contributed by atoms with van der Waals surface area (Å²) in [5, 5.41) is 11.1. The Balaban J connectivity index is 0.00000256. The summed E-state index contributed by atoms with van der Waals surface area (Å²) in [6.45, 7) is 1.58. The zero-order valence-corrected chi connectivity index (χ0v) is 16.3. The molecule has 1 fully saturated rings. The van der Waals surface area contributed by atoms with Crippen molar-refractivity contribution in [1.82, 2.24) is 25.3 Å². The van der Waals surface area contributed by atoms with Crippen molar-refractivity contribution in [3.8, 4) is 16.5 Å². The van der Waals surface area contributed by atoms with Gasteiger partial charge in [0.1, 0.15) is 23.3 Å². The van der Waals surface area contributed by atoms with Crippen LogP contribution in [0, 0.1) is 0 Å². The molecule has 0 aromatic carbocycles. The minimum Gasteiger partial charge on any atom is -0.476 e. The first-order chi connectivity index (χ1) is 14.2. The Bertz CT molecular complexity index is 973. The maximum absolute atomic E-state index is 12.3. The van der Waals surface area contributed by atoms with Gasteiger partial charge in [0, 0.05) is 35.4 Å². The number of carbonyl (C=O) groups excluding carboxylic acids is 1. The summed E-state index contributed by atoms with van der Waals surface area (Å²) in [7, 11) is 0. The van der Waals surface area contributed by atoms with Gasteiger partial charge in [-0.25, -0.2) is 19.7 Å². The van der Waals surface area contributed by atoms with Crippen LogP contribution in [-0.2, 0) is 0 Å². The van der Waals surface area contributed by atoms with Crippen LogP contribution in [-0.4, -0.2) is 45.2 Å². The van der Waals surface area contributed by atoms with E-state index in [-0.39, 0.29) is 13.4 Å². The number of nitrogens with zero attached hydrogens (tertiary/aromatic N) is 4. The van der Waals surface area contributed by atoms with Crippen molar-refractivity contribution < 1.29 is 9.53 Å². The second kappa shape index (κ2) is 9.94. The average molecular weight is 429 g/mol. The summed E-state index contributed by atoms with van der Waals surface area (Å²) in [6, 6.07) is 5.14. The number of carbonyl (C=O) groups is 1. The highest BCUT2D eigenvalue weighted by Gasteiger charge is 2.15. The van der Waals surface area contributed by atoms with Crippen molar-refractivity contribution in [3.05, 3.63) is 36.0 Å². The lowest BCUT2D eigenvalue weighted by molar-refractivity contribution is 0.261. The first kappa shape index (κ1) is 21.4. The highest BCUT2D eigenvalue weighted by molar-refractivity contribution is 7.13. The molecule has 0 aliphatic carbocycles. The van der Waals surface area contributed by atoms with Gasteiger partial charge < -0.3 is 15.8 Å². The van der Waals surface area contributed by atoms with E-state index in [0.717, 1.165) is 24.9 Å². The van der Waals surface area contributed by atoms with Gasteiger partial charge in [0.2, 0.25) is 11.8 Å². The minimum absolute atomic E-state index is 0. The zero-order chi connectivity index (χ0) is 20.1. The molecule has 3 aromatic rings. The van der Waals surface area contributed by atoms with Gasteiger partial charge in [0.15, 0.2) is 0 Å². The standard InChI is InChI=1S/C18H20N8O2S.CH4/c19-17-21-7-11(8-22-17)16-24-14(10-29-16)26-18(27)25-13-4-1-5-15(23-13)28-9-12-3-2-6-20-12;/h1,4-5,7-8,10,12,20H,2-3,6,9H2,(H2,19,21,22)(H2,23,25,26,27);1H4. The van der Waals surface area contributed by atoms with Crippen LogP contribution in [0.5, 0.6) is 5.88 Å². The average Bonchev–Trinajstić information content (AvgIpc) is 3.39. The third-order valence-corrected chi connectivity index (χ3v) is 5.12. The molecule has 2 amide bonds. The van der Waals surface area contributed by atoms with Crippen molar-refractivity contribution in [1.29, 1.82) is 0 Å². The molecule has 1 saturated heterocycles. The van der Waals surface area contributed by atoms with Crippen molar-refractivity contribution >= 4 is 35.0 Å². The van der Waals surface area contributed by atoms with E-state index in [2.05, 4.69) is 35.9 Å². The molecule has 0 saturated carbocycles. The van der Waals surface area contributed by atoms with E-state index >= 15 is 0 Å². The molecule has 158 valence electrons. The van der Waals surface area contributed by atoms with Gasteiger partial charge in [-0.1, -0.05) is 13.5 Å². The summed E-state index contributed by atoms with van der Waals surface area (Å²) >= 11 is 1.36. The number of hydrogen-bond acceptors (Lipinski definition) is 9. The minimum atomic E-state index is -0.447. The summed E-state index contributed by atoms with van der Waals surface area (Å²) in [4.78, 5) is 28.8. The number of amides is 2. The van der Waals surface area contributed by atoms with E-state index in [0.29, 0.717) is 35.2 Å². The molecule has 10 nitrogen and oxygen atoms in total. The predicted molar refractivity (Wildman–Crippen MR) is 118 cm³/mol. The number of anilines is 3. The Hall–Kier alpha value is -3.31. The van der Waals surface area contributed by atoms with Gasteiger partial charge in [-0.15, -0.1) is 11.3 Å². The molecular weight excluding hydrogens is 404 g/mol. The maximum Gasteiger partial charge on any atom is 0.326 e. The molecule has 4 rings (SSSR count). The number of nitrogen functional groups attached to an aromatic ring is 1. The van der Waals surface area contributed by atoms with Gasteiger partial charge in [0.05, 0.1) is 0 Å². The molecule has 1 aliphatic rings. The lowest BCUT2D eigenvalue weighted by atomic mass is 10.2. The van der Waals surface area contributed by atoms with Crippen molar-refractivity contribution in [3.63, 3.8) is 0 Å². The number of nitrogens with one attached hydrogen (secondary N) is 3. The topological polar surface area (TPSA) is 140 Å². The second-order valence-electron chi connectivity index (χ2n) is 6.41. The van der Waals surface area contributed by atoms with Crippen LogP contribution in [0.15, 0.2) is 36.0 Å².